The van der Waals surface area contributed by atoms with Gasteiger partial charge in [-0.05, 0) is 50.6 Å². The first kappa shape index (κ1) is 24.9. The lowest BCUT2D eigenvalue weighted by Gasteiger charge is -2.11. The Labute approximate surface area is 193 Å². The number of halogens is 3. The molecule has 0 saturated carbocycles. The number of carbonyl (C=O) groups is 1. The highest BCUT2D eigenvalue weighted by atomic mass is 32.2. The predicted octanol–water partition coefficient (Wildman–Crippen LogP) is 4.75. The van der Waals surface area contributed by atoms with Gasteiger partial charge in [0, 0.05) is 18.2 Å². The van der Waals surface area contributed by atoms with Gasteiger partial charge in [-0.3, -0.25) is 4.79 Å². The van der Waals surface area contributed by atoms with Crippen molar-refractivity contribution < 1.29 is 26.4 Å². The summed E-state index contributed by atoms with van der Waals surface area (Å²) in [5, 5.41) is 3.17. The van der Waals surface area contributed by atoms with Crippen LogP contribution in [-0.2, 0) is 22.7 Å². The van der Waals surface area contributed by atoms with Crippen LogP contribution in [0.4, 0.5) is 13.2 Å². The number of benzene rings is 2. The molecular formula is C22H22F3N3O3S2. The van der Waals surface area contributed by atoms with E-state index in [9.17, 15) is 26.4 Å². The molecule has 6 nitrogen and oxygen atoms in total. The van der Waals surface area contributed by atoms with E-state index in [1.165, 1.54) is 24.3 Å². The number of thiazole rings is 1. The highest BCUT2D eigenvalue weighted by Gasteiger charge is 2.30. The van der Waals surface area contributed by atoms with Gasteiger partial charge in [0.05, 0.1) is 16.2 Å². The SMILES string of the molecule is Cc1nc(-c2ccc(C(F)(F)F)cc2)sc1C(=O)NCc1cccc(S(=O)(=O)NC(C)C)c1. The fourth-order valence-corrected chi connectivity index (χ4v) is 5.30. The maximum absolute atomic E-state index is 12.8. The Morgan fingerprint density at radius 3 is 2.39 bits per heavy atom. The van der Waals surface area contributed by atoms with Crippen molar-refractivity contribution in [3.63, 3.8) is 0 Å². The molecule has 1 aromatic heterocycles. The molecule has 0 saturated heterocycles. The Hall–Kier alpha value is -2.76. The largest absolute Gasteiger partial charge is 0.416 e. The molecule has 0 aliphatic carbocycles. The van der Waals surface area contributed by atoms with Gasteiger partial charge >= 0.3 is 6.18 Å². The van der Waals surface area contributed by atoms with Gasteiger partial charge in [0.25, 0.3) is 5.91 Å². The number of nitrogens with one attached hydrogen (secondary N) is 2. The molecule has 1 heterocycles. The van der Waals surface area contributed by atoms with E-state index in [-0.39, 0.29) is 17.5 Å². The van der Waals surface area contributed by atoms with Crippen LogP contribution >= 0.6 is 11.3 Å². The van der Waals surface area contributed by atoms with Crippen LogP contribution < -0.4 is 10.0 Å². The van der Waals surface area contributed by atoms with Gasteiger partial charge in [-0.15, -0.1) is 11.3 Å². The number of nitrogens with zero attached hydrogens (tertiary/aromatic N) is 1. The molecule has 176 valence electrons. The van der Waals surface area contributed by atoms with Gasteiger partial charge in [-0.25, -0.2) is 18.1 Å². The normalized spacial score (nSPS) is 12.2. The van der Waals surface area contributed by atoms with E-state index in [1.54, 1.807) is 32.9 Å². The van der Waals surface area contributed by atoms with Gasteiger partial charge in [0.15, 0.2) is 0 Å². The van der Waals surface area contributed by atoms with E-state index in [0.29, 0.717) is 26.7 Å². The molecule has 1 amide bonds. The Morgan fingerprint density at radius 1 is 1.12 bits per heavy atom. The van der Waals surface area contributed by atoms with E-state index >= 15 is 0 Å². The quantitative estimate of drug-likeness (QED) is 0.493. The molecule has 33 heavy (non-hydrogen) atoms. The number of hydrogen-bond acceptors (Lipinski definition) is 5. The molecule has 0 fully saturated rings. The van der Waals surface area contributed by atoms with Gasteiger partial charge in [-0.2, -0.15) is 13.2 Å². The van der Waals surface area contributed by atoms with Gasteiger partial charge in [-0.1, -0.05) is 24.3 Å². The summed E-state index contributed by atoms with van der Waals surface area (Å²) < 4.78 is 65.5. The maximum atomic E-state index is 12.8. The van der Waals surface area contributed by atoms with Crippen molar-refractivity contribution in [3.8, 4) is 10.6 Å². The number of carbonyl (C=O) groups excluding carboxylic acids is 1. The maximum Gasteiger partial charge on any atom is 0.416 e. The molecule has 2 N–H and O–H groups in total. The van der Waals surface area contributed by atoms with Crippen LogP contribution in [0.1, 0.15) is 40.3 Å². The third kappa shape index (κ3) is 6.18. The van der Waals surface area contributed by atoms with Crippen molar-refractivity contribution in [2.75, 3.05) is 0 Å². The van der Waals surface area contributed by atoms with Gasteiger partial charge in [0.2, 0.25) is 10.0 Å². The number of aryl methyl sites for hydroxylation is 1. The van der Waals surface area contributed by atoms with E-state index in [1.807, 2.05) is 0 Å². The minimum Gasteiger partial charge on any atom is -0.347 e. The van der Waals surface area contributed by atoms with Crippen molar-refractivity contribution in [1.82, 2.24) is 15.0 Å². The molecule has 11 heteroatoms. The smallest absolute Gasteiger partial charge is 0.347 e. The number of hydrogen-bond donors (Lipinski definition) is 2. The fourth-order valence-electron chi connectivity index (χ4n) is 3.00. The predicted molar refractivity (Wildman–Crippen MR) is 120 cm³/mol. The van der Waals surface area contributed by atoms with Crippen molar-refractivity contribution in [1.29, 1.82) is 0 Å². The lowest BCUT2D eigenvalue weighted by Crippen LogP contribution is -2.30. The van der Waals surface area contributed by atoms with E-state index in [0.717, 1.165) is 23.5 Å². The second-order valence-electron chi connectivity index (χ2n) is 7.61. The number of aromatic nitrogens is 1. The zero-order valence-corrected chi connectivity index (χ0v) is 19.7. The summed E-state index contributed by atoms with van der Waals surface area (Å²) in [7, 11) is -3.66. The number of amides is 1. The lowest BCUT2D eigenvalue weighted by molar-refractivity contribution is -0.137. The second-order valence-corrected chi connectivity index (χ2v) is 10.3. The second kappa shape index (κ2) is 9.62. The van der Waals surface area contributed by atoms with Crippen LogP contribution in [-0.4, -0.2) is 25.4 Å². The summed E-state index contributed by atoms with van der Waals surface area (Å²) >= 11 is 1.07. The first-order valence-corrected chi connectivity index (χ1v) is 12.2. The molecular weight excluding hydrogens is 475 g/mol. The van der Waals surface area contributed by atoms with Crippen molar-refractivity contribution in [2.45, 2.75) is 44.4 Å². The molecule has 2 aromatic carbocycles. The Bertz CT molecular complexity index is 1250. The van der Waals surface area contributed by atoms with E-state index < -0.39 is 27.7 Å². The van der Waals surface area contributed by atoms with Crippen LogP contribution in [0.3, 0.4) is 0 Å². The van der Waals surface area contributed by atoms with Crippen molar-refractivity contribution >= 4 is 27.3 Å². The number of alkyl halides is 3. The Morgan fingerprint density at radius 2 is 1.79 bits per heavy atom. The summed E-state index contributed by atoms with van der Waals surface area (Å²) in [5.41, 5.74) is 0.765. The highest BCUT2D eigenvalue weighted by molar-refractivity contribution is 7.89. The lowest BCUT2D eigenvalue weighted by atomic mass is 10.1. The van der Waals surface area contributed by atoms with Crippen molar-refractivity contribution in [2.24, 2.45) is 0 Å². The first-order chi connectivity index (χ1) is 15.4. The average molecular weight is 498 g/mol. The van der Waals surface area contributed by atoms with Crippen LogP contribution in [0.25, 0.3) is 10.6 Å². The minimum atomic E-state index is -4.43. The molecule has 0 unspecified atom stereocenters. The van der Waals surface area contributed by atoms with E-state index in [2.05, 4.69) is 15.0 Å². The topological polar surface area (TPSA) is 88.2 Å². The summed E-state index contributed by atoms with van der Waals surface area (Å²) in [6, 6.07) is 10.6. The Kier molecular flexibility index (Phi) is 7.25. The number of rotatable bonds is 7. The van der Waals surface area contributed by atoms with Crippen LogP contribution in [0.5, 0.6) is 0 Å². The number of sulfonamides is 1. The molecule has 0 spiro atoms. The standard InChI is InChI=1S/C22H22F3N3O3S2/c1-13(2)28-33(30,31)18-6-4-5-15(11-18)12-26-20(29)19-14(3)27-21(32-19)16-7-9-17(10-8-16)22(23,24)25/h4-11,13,28H,12H2,1-3H3,(H,26,29). The molecule has 0 aliphatic heterocycles. The minimum absolute atomic E-state index is 0.0941. The average Bonchev–Trinajstić information content (AvgIpc) is 3.12. The molecule has 0 aliphatic rings. The molecule has 3 aromatic rings. The summed E-state index contributed by atoms with van der Waals surface area (Å²) in [6.07, 6.45) is -4.43. The monoisotopic (exact) mass is 497 g/mol. The third-order valence-corrected chi connectivity index (χ3v) is 7.38. The molecule has 0 radical (unpaired) electrons. The zero-order valence-electron chi connectivity index (χ0n) is 18.0. The summed E-state index contributed by atoms with van der Waals surface area (Å²) in [5.74, 6) is -0.406. The van der Waals surface area contributed by atoms with Crippen LogP contribution in [0.2, 0.25) is 0 Å². The molecule has 0 atom stereocenters. The van der Waals surface area contributed by atoms with Crippen molar-refractivity contribution in [3.05, 3.63) is 70.2 Å². The van der Waals surface area contributed by atoms with Gasteiger partial charge < -0.3 is 5.32 Å². The summed E-state index contributed by atoms with van der Waals surface area (Å²) in [4.78, 5) is 17.4. The third-order valence-electron chi connectivity index (χ3n) is 4.51. The fraction of sp³-hybridized carbons (Fsp3) is 0.273. The van der Waals surface area contributed by atoms with E-state index in [4.69, 9.17) is 0 Å². The van der Waals surface area contributed by atoms with Crippen LogP contribution in [0.15, 0.2) is 53.4 Å². The Balaban J connectivity index is 1.72. The zero-order chi connectivity index (χ0) is 24.4. The summed E-state index contributed by atoms with van der Waals surface area (Å²) in [6.45, 7) is 5.18. The van der Waals surface area contributed by atoms with Gasteiger partial charge in [0.1, 0.15) is 9.88 Å². The first-order valence-electron chi connectivity index (χ1n) is 9.91. The molecule has 0 bridgehead atoms. The highest BCUT2D eigenvalue weighted by Crippen LogP contribution is 2.33. The van der Waals surface area contributed by atoms with Crippen LogP contribution in [0, 0.1) is 6.92 Å². The molecule has 3 rings (SSSR count).